The van der Waals surface area contributed by atoms with Crippen molar-refractivity contribution in [3.63, 3.8) is 0 Å². The molecule has 21 heavy (non-hydrogen) atoms. The van der Waals surface area contributed by atoms with Gasteiger partial charge in [-0.25, -0.2) is 8.42 Å². The van der Waals surface area contributed by atoms with Crippen LogP contribution in [0.2, 0.25) is 0 Å². The van der Waals surface area contributed by atoms with Gasteiger partial charge in [-0.15, -0.1) is 0 Å². The Morgan fingerprint density at radius 3 is 2.81 bits per heavy atom. The van der Waals surface area contributed by atoms with E-state index in [0.717, 1.165) is 30.5 Å². The van der Waals surface area contributed by atoms with E-state index in [1.54, 1.807) is 22.5 Å². The first-order valence-corrected chi connectivity index (χ1v) is 8.87. The summed E-state index contributed by atoms with van der Waals surface area (Å²) in [7, 11) is -3.44. The highest BCUT2D eigenvalue weighted by Crippen LogP contribution is 2.29. The molecule has 114 valence electrons. The first-order chi connectivity index (χ1) is 9.98. The molecule has 3 rings (SSSR count). The largest absolute Gasteiger partial charge is 0.326 e. The lowest BCUT2D eigenvalue weighted by Crippen LogP contribution is -2.41. The summed E-state index contributed by atoms with van der Waals surface area (Å²) in [6.45, 7) is 2.56. The maximum absolute atomic E-state index is 12.8. The molecule has 1 aromatic rings. The second kappa shape index (κ2) is 5.42. The number of carbonyl (C=O) groups is 1. The second-order valence-electron chi connectivity index (χ2n) is 5.83. The number of amides is 1. The van der Waals surface area contributed by atoms with Gasteiger partial charge in [0.15, 0.2) is 0 Å². The van der Waals surface area contributed by atoms with Crippen LogP contribution in [0.5, 0.6) is 0 Å². The zero-order chi connectivity index (χ0) is 15.0. The van der Waals surface area contributed by atoms with Crippen LogP contribution in [-0.2, 0) is 21.2 Å². The summed E-state index contributed by atoms with van der Waals surface area (Å²) in [5.74, 6) is -0.0113. The molecule has 0 aromatic heterocycles. The molecule has 0 bridgehead atoms. The molecular weight excluding hydrogens is 288 g/mol. The molecule has 2 aliphatic heterocycles. The number of hydrogen-bond acceptors (Lipinski definition) is 3. The SMILES string of the molecule is C[C@@H]1CCCCN1S(=O)(=O)c1ccc2c(c1)CCC(=O)N2. The van der Waals surface area contributed by atoms with Crippen molar-refractivity contribution in [3.05, 3.63) is 23.8 Å². The van der Waals surface area contributed by atoms with Crippen LogP contribution in [0, 0.1) is 0 Å². The number of anilines is 1. The van der Waals surface area contributed by atoms with Crippen LogP contribution in [0.15, 0.2) is 23.1 Å². The maximum Gasteiger partial charge on any atom is 0.243 e. The van der Waals surface area contributed by atoms with Crippen LogP contribution in [0.25, 0.3) is 0 Å². The maximum atomic E-state index is 12.8. The lowest BCUT2D eigenvalue weighted by atomic mass is 10.0. The van der Waals surface area contributed by atoms with Crippen molar-refractivity contribution in [1.29, 1.82) is 0 Å². The molecule has 1 fully saturated rings. The van der Waals surface area contributed by atoms with Gasteiger partial charge in [-0.2, -0.15) is 4.31 Å². The minimum Gasteiger partial charge on any atom is -0.326 e. The number of piperidine rings is 1. The third kappa shape index (κ3) is 2.70. The van der Waals surface area contributed by atoms with Crippen LogP contribution in [0.4, 0.5) is 5.69 Å². The van der Waals surface area contributed by atoms with Crippen LogP contribution in [0.1, 0.15) is 38.2 Å². The summed E-state index contributed by atoms with van der Waals surface area (Å²) in [5.41, 5.74) is 1.64. The van der Waals surface area contributed by atoms with E-state index < -0.39 is 10.0 Å². The van der Waals surface area contributed by atoms with Gasteiger partial charge in [-0.05, 0) is 49.9 Å². The fourth-order valence-corrected chi connectivity index (χ4v) is 4.84. The Bertz CT molecular complexity index is 669. The molecule has 1 saturated heterocycles. The van der Waals surface area contributed by atoms with Gasteiger partial charge >= 0.3 is 0 Å². The molecule has 2 heterocycles. The molecule has 0 saturated carbocycles. The molecule has 0 spiro atoms. The average molecular weight is 308 g/mol. The number of nitrogens with one attached hydrogen (secondary N) is 1. The number of aryl methyl sites for hydroxylation is 1. The van der Waals surface area contributed by atoms with Gasteiger partial charge in [0.1, 0.15) is 0 Å². The Kier molecular flexibility index (Phi) is 3.75. The van der Waals surface area contributed by atoms with E-state index in [0.29, 0.717) is 24.3 Å². The van der Waals surface area contributed by atoms with Gasteiger partial charge in [0.25, 0.3) is 0 Å². The van der Waals surface area contributed by atoms with Gasteiger partial charge in [-0.1, -0.05) is 6.42 Å². The predicted octanol–water partition coefficient (Wildman–Crippen LogP) is 2.13. The number of hydrogen-bond donors (Lipinski definition) is 1. The van der Waals surface area contributed by atoms with Gasteiger partial charge in [-0.3, -0.25) is 4.79 Å². The number of sulfonamides is 1. The fraction of sp³-hybridized carbons (Fsp3) is 0.533. The van der Waals surface area contributed by atoms with Crippen molar-refractivity contribution in [2.45, 2.75) is 50.0 Å². The summed E-state index contributed by atoms with van der Waals surface area (Å²) >= 11 is 0. The monoisotopic (exact) mass is 308 g/mol. The van der Waals surface area contributed by atoms with Crippen molar-refractivity contribution >= 4 is 21.6 Å². The Balaban J connectivity index is 1.94. The molecule has 0 unspecified atom stereocenters. The first-order valence-electron chi connectivity index (χ1n) is 7.43. The van der Waals surface area contributed by atoms with Gasteiger partial charge in [0.05, 0.1) is 4.90 Å². The molecule has 1 aromatic carbocycles. The summed E-state index contributed by atoms with van der Waals surface area (Å²) in [6, 6.07) is 5.07. The second-order valence-corrected chi connectivity index (χ2v) is 7.72. The molecular formula is C15H20N2O3S. The zero-order valence-electron chi connectivity index (χ0n) is 12.1. The predicted molar refractivity (Wildman–Crippen MR) is 80.6 cm³/mol. The molecule has 6 heteroatoms. The number of rotatable bonds is 2. The van der Waals surface area contributed by atoms with E-state index in [1.807, 2.05) is 6.92 Å². The van der Waals surface area contributed by atoms with Gasteiger partial charge in [0, 0.05) is 24.7 Å². The van der Waals surface area contributed by atoms with E-state index in [1.165, 1.54) is 0 Å². The highest BCUT2D eigenvalue weighted by Gasteiger charge is 2.31. The normalized spacial score (nSPS) is 23.5. The molecule has 2 aliphatic rings. The minimum atomic E-state index is -3.44. The first kappa shape index (κ1) is 14.5. The standard InChI is InChI=1S/C15H20N2O3S/c1-11-4-2-3-9-17(11)21(19,20)13-6-7-14-12(10-13)5-8-15(18)16-14/h6-7,10-11H,2-5,8-9H2,1H3,(H,16,18)/t11-/m1/s1. The average Bonchev–Trinajstić information content (AvgIpc) is 2.47. The summed E-state index contributed by atoms with van der Waals surface area (Å²) in [5, 5.41) is 2.78. The highest BCUT2D eigenvalue weighted by atomic mass is 32.2. The summed E-state index contributed by atoms with van der Waals surface area (Å²) in [4.78, 5) is 11.7. The van der Waals surface area contributed by atoms with E-state index in [4.69, 9.17) is 0 Å². The molecule has 0 radical (unpaired) electrons. The third-order valence-corrected chi connectivity index (χ3v) is 6.33. The molecule has 1 N–H and O–H groups in total. The number of nitrogens with zero attached hydrogens (tertiary/aromatic N) is 1. The van der Waals surface area contributed by atoms with Crippen molar-refractivity contribution < 1.29 is 13.2 Å². The number of carbonyl (C=O) groups excluding carboxylic acids is 1. The van der Waals surface area contributed by atoms with E-state index in [2.05, 4.69) is 5.32 Å². The van der Waals surface area contributed by atoms with Crippen LogP contribution >= 0.6 is 0 Å². The van der Waals surface area contributed by atoms with Crippen molar-refractivity contribution in [2.75, 3.05) is 11.9 Å². The topological polar surface area (TPSA) is 66.5 Å². The van der Waals surface area contributed by atoms with Crippen molar-refractivity contribution in [3.8, 4) is 0 Å². The Morgan fingerprint density at radius 2 is 2.05 bits per heavy atom. The van der Waals surface area contributed by atoms with E-state index in [9.17, 15) is 13.2 Å². The lowest BCUT2D eigenvalue weighted by molar-refractivity contribution is -0.116. The van der Waals surface area contributed by atoms with Crippen LogP contribution in [-0.4, -0.2) is 31.2 Å². The van der Waals surface area contributed by atoms with Crippen molar-refractivity contribution in [1.82, 2.24) is 4.31 Å². The Hall–Kier alpha value is -1.40. The molecule has 5 nitrogen and oxygen atoms in total. The van der Waals surface area contributed by atoms with Crippen LogP contribution < -0.4 is 5.32 Å². The highest BCUT2D eigenvalue weighted by molar-refractivity contribution is 7.89. The van der Waals surface area contributed by atoms with E-state index in [-0.39, 0.29) is 11.9 Å². The number of fused-ring (bicyclic) bond motifs is 1. The molecule has 1 amide bonds. The summed E-state index contributed by atoms with van der Waals surface area (Å²) in [6.07, 6.45) is 3.94. The molecule has 1 atom stereocenters. The number of benzene rings is 1. The fourth-order valence-electron chi connectivity index (χ4n) is 3.08. The van der Waals surface area contributed by atoms with E-state index >= 15 is 0 Å². The third-order valence-electron chi connectivity index (χ3n) is 4.32. The Morgan fingerprint density at radius 1 is 1.24 bits per heavy atom. The Labute approximate surface area is 125 Å². The minimum absolute atomic E-state index is 0.0113. The zero-order valence-corrected chi connectivity index (χ0v) is 12.9. The van der Waals surface area contributed by atoms with Crippen LogP contribution in [0.3, 0.4) is 0 Å². The van der Waals surface area contributed by atoms with Crippen molar-refractivity contribution in [2.24, 2.45) is 0 Å². The summed E-state index contributed by atoms with van der Waals surface area (Å²) < 4.78 is 27.2. The lowest BCUT2D eigenvalue weighted by Gasteiger charge is -2.32. The smallest absolute Gasteiger partial charge is 0.243 e. The quantitative estimate of drug-likeness (QED) is 0.910. The van der Waals surface area contributed by atoms with Gasteiger partial charge in [0.2, 0.25) is 15.9 Å². The van der Waals surface area contributed by atoms with Gasteiger partial charge < -0.3 is 5.32 Å². The molecule has 0 aliphatic carbocycles.